The average Bonchev–Trinajstić information content (AvgIpc) is 2.92. The number of carbonyl (C=O) groups excluding carboxylic acids is 1. The standard InChI is InChI=1S/C16H23N5O2/c1-11(4-5-13-6-8-14(22)9-7-13)18-16(23)19-12(2)15-20-17-10-21(15)3/h6-12,22H,4-5H2,1-3H3,(H2,18,19,23)/t11-,12-/m0/s1. The summed E-state index contributed by atoms with van der Waals surface area (Å²) < 4.78 is 1.78. The van der Waals surface area contributed by atoms with E-state index in [1.54, 1.807) is 23.0 Å². The summed E-state index contributed by atoms with van der Waals surface area (Å²) >= 11 is 0. The van der Waals surface area contributed by atoms with Crippen LogP contribution in [0.4, 0.5) is 4.79 Å². The second-order valence-electron chi connectivity index (χ2n) is 5.75. The summed E-state index contributed by atoms with van der Waals surface area (Å²) in [4.78, 5) is 12.0. The van der Waals surface area contributed by atoms with Gasteiger partial charge in [-0.1, -0.05) is 12.1 Å². The molecule has 2 amide bonds. The van der Waals surface area contributed by atoms with Crippen molar-refractivity contribution in [2.45, 2.75) is 38.8 Å². The molecule has 1 heterocycles. The predicted molar refractivity (Wildman–Crippen MR) is 87.0 cm³/mol. The van der Waals surface area contributed by atoms with E-state index < -0.39 is 0 Å². The van der Waals surface area contributed by atoms with Crippen molar-refractivity contribution in [3.8, 4) is 5.75 Å². The Hall–Kier alpha value is -2.57. The average molecular weight is 317 g/mol. The van der Waals surface area contributed by atoms with Crippen molar-refractivity contribution in [3.05, 3.63) is 42.0 Å². The highest BCUT2D eigenvalue weighted by Gasteiger charge is 2.15. The minimum Gasteiger partial charge on any atom is -0.508 e. The summed E-state index contributed by atoms with van der Waals surface area (Å²) in [6.07, 6.45) is 3.25. The molecule has 0 aliphatic rings. The Kier molecular flexibility index (Phi) is 5.56. The van der Waals surface area contributed by atoms with Crippen molar-refractivity contribution in [1.29, 1.82) is 0 Å². The molecule has 0 aliphatic heterocycles. The first-order valence-electron chi connectivity index (χ1n) is 7.64. The normalized spacial score (nSPS) is 13.3. The molecule has 0 spiro atoms. The molecule has 0 radical (unpaired) electrons. The number of carbonyl (C=O) groups is 1. The molecule has 2 rings (SSSR count). The van der Waals surface area contributed by atoms with Crippen LogP contribution < -0.4 is 10.6 Å². The monoisotopic (exact) mass is 317 g/mol. The molecule has 3 N–H and O–H groups in total. The van der Waals surface area contributed by atoms with Gasteiger partial charge in [-0.2, -0.15) is 0 Å². The van der Waals surface area contributed by atoms with Gasteiger partial charge in [0.25, 0.3) is 0 Å². The van der Waals surface area contributed by atoms with Gasteiger partial charge in [-0.3, -0.25) is 0 Å². The highest BCUT2D eigenvalue weighted by atomic mass is 16.3. The lowest BCUT2D eigenvalue weighted by Crippen LogP contribution is -2.42. The molecule has 0 fully saturated rings. The first kappa shape index (κ1) is 16.8. The molecule has 0 unspecified atom stereocenters. The maximum absolute atomic E-state index is 12.0. The molecular formula is C16H23N5O2. The maximum atomic E-state index is 12.0. The summed E-state index contributed by atoms with van der Waals surface area (Å²) in [7, 11) is 1.84. The number of aromatic nitrogens is 3. The molecule has 7 nitrogen and oxygen atoms in total. The fraction of sp³-hybridized carbons (Fsp3) is 0.438. The Morgan fingerprint density at radius 1 is 1.26 bits per heavy atom. The second kappa shape index (κ2) is 7.62. The zero-order valence-electron chi connectivity index (χ0n) is 13.7. The quantitative estimate of drug-likeness (QED) is 0.759. The van der Waals surface area contributed by atoms with Crippen LogP contribution in [0.2, 0.25) is 0 Å². The van der Waals surface area contributed by atoms with Crippen molar-refractivity contribution in [1.82, 2.24) is 25.4 Å². The number of amides is 2. The van der Waals surface area contributed by atoms with E-state index in [-0.39, 0.29) is 23.9 Å². The van der Waals surface area contributed by atoms with Crippen molar-refractivity contribution in [2.24, 2.45) is 7.05 Å². The van der Waals surface area contributed by atoms with Gasteiger partial charge in [0, 0.05) is 13.1 Å². The lowest BCUT2D eigenvalue weighted by atomic mass is 10.1. The number of benzene rings is 1. The highest BCUT2D eigenvalue weighted by molar-refractivity contribution is 5.74. The summed E-state index contributed by atoms with van der Waals surface area (Å²) in [6, 6.07) is 6.71. The van der Waals surface area contributed by atoms with Crippen LogP contribution in [-0.2, 0) is 13.5 Å². The molecule has 124 valence electrons. The van der Waals surface area contributed by atoms with E-state index in [0.717, 1.165) is 18.4 Å². The van der Waals surface area contributed by atoms with Crippen LogP contribution in [0.15, 0.2) is 30.6 Å². The Morgan fingerprint density at radius 3 is 2.57 bits per heavy atom. The summed E-state index contributed by atoms with van der Waals surface area (Å²) in [5.41, 5.74) is 1.13. The van der Waals surface area contributed by atoms with Gasteiger partial charge in [0.1, 0.15) is 12.1 Å². The van der Waals surface area contributed by atoms with E-state index in [4.69, 9.17) is 0 Å². The van der Waals surface area contributed by atoms with E-state index >= 15 is 0 Å². The fourth-order valence-electron chi connectivity index (χ4n) is 2.33. The van der Waals surface area contributed by atoms with Gasteiger partial charge < -0.3 is 20.3 Å². The summed E-state index contributed by atoms with van der Waals surface area (Å²) in [5.74, 6) is 0.967. The molecule has 2 atom stereocenters. The maximum Gasteiger partial charge on any atom is 0.315 e. The molecule has 7 heteroatoms. The molecule has 0 saturated carbocycles. The molecule has 0 saturated heterocycles. The largest absolute Gasteiger partial charge is 0.508 e. The number of urea groups is 1. The van der Waals surface area contributed by atoms with E-state index in [1.807, 2.05) is 33.0 Å². The van der Waals surface area contributed by atoms with Crippen LogP contribution in [0, 0.1) is 0 Å². The minimum atomic E-state index is -0.223. The lowest BCUT2D eigenvalue weighted by Gasteiger charge is -2.17. The molecule has 1 aromatic heterocycles. The van der Waals surface area contributed by atoms with Gasteiger partial charge >= 0.3 is 6.03 Å². The number of rotatable bonds is 6. The van der Waals surface area contributed by atoms with Crippen molar-refractivity contribution >= 4 is 6.03 Å². The second-order valence-corrected chi connectivity index (χ2v) is 5.75. The van der Waals surface area contributed by atoms with Gasteiger partial charge in [0.15, 0.2) is 5.82 Å². The topological polar surface area (TPSA) is 92.1 Å². The van der Waals surface area contributed by atoms with Crippen LogP contribution in [0.3, 0.4) is 0 Å². The molecule has 2 aromatic rings. The zero-order valence-corrected chi connectivity index (χ0v) is 13.7. The Balaban J connectivity index is 1.76. The first-order chi connectivity index (χ1) is 11.0. The van der Waals surface area contributed by atoms with Crippen molar-refractivity contribution in [3.63, 3.8) is 0 Å². The predicted octanol–water partition coefficient (Wildman–Crippen LogP) is 1.90. The van der Waals surface area contributed by atoms with E-state index in [2.05, 4.69) is 20.8 Å². The van der Waals surface area contributed by atoms with Gasteiger partial charge in [-0.25, -0.2) is 4.79 Å². The van der Waals surface area contributed by atoms with Crippen molar-refractivity contribution < 1.29 is 9.90 Å². The van der Waals surface area contributed by atoms with Crippen LogP contribution in [0.1, 0.15) is 37.7 Å². The van der Waals surface area contributed by atoms with Crippen molar-refractivity contribution in [2.75, 3.05) is 0 Å². The minimum absolute atomic E-state index is 0.0375. The lowest BCUT2D eigenvalue weighted by molar-refractivity contribution is 0.233. The Morgan fingerprint density at radius 2 is 1.96 bits per heavy atom. The number of phenols is 1. The number of hydrogen-bond acceptors (Lipinski definition) is 4. The number of nitrogens with zero attached hydrogens (tertiary/aromatic N) is 3. The summed E-state index contributed by atoms with van der Waals surface area (Å²) in [6.45, 7) is 3.83. The Labute approximate surface area is 135 Å². The number of phenolic OH excluding ortho intramolecular Hbond substituents is 1. The number of hydrogen-bond donors (Lipinski definition) is 3. The molecule has 0 aliphatic carbocycles. The van der Waals surface area contributed by atoms with E-state index in [1.165, 1.54) is 0 Å². The molecule has 1 aromatic carbocycles. The van der Waals surface area contributed by atoms with Crippen LogP contribution in [0.5, 0.6) is 5.75 Å². The van der Waals surface area contributed by atoms with Crippen LogP contribution in [0.25, 0.3) is 0 Å². The third kappa shape index (κ3) is 4.98. The SMILES string of the molecule is C[C@H](NC(=O)N[C@@H](C)CCc1ccc(O)cc1)c1nncn1C. The highest BCUT2D eigenvalue weighted by Crippen LogP contribution is 2.12. The Bertz CT molecular complexity index is 638. The van der Waals surface area contributed by atoms with E-state index in [9.17, 15) is 9.90 Å². The first-order valence-corrected chi connectivity index (χ1v) is 7.64. The van der Waals surface area contributed by atoms with Crippen LogP contribution in [-0.4, -0.2) is 31.9 Å². The molecule has 0 bridgehead atoms. The smallest absolute Gasteiger partial charge is 0.315 e. The van der Waals surface area contributed by atoms with Crippen LogP contribution >= 0.6 is 0 Å². The molecule has 23 heavy (non-hydrogen) atoms. The van der Waals surface area contributed by atoms with Gasteiger partial charge in [0.2, 0.25) is 0 Å². The summed E-state index contributed by atoms with van der Waals surface area (Å²) in [5, 5.41) is 22.8. The van der Waals surface area contributed by atoms with E-state index in [0.29, 0.717) is 5.82 Å². The number of aryl methyl sites for hydroxylation is 2. The zero-order chi connectivity index (χ0) is 16.8. The van der Waals surface area contributed by atoms with Gasteiger partial charge in [-0.05, 0) is 44.4 Å². The van der Waals surface area contributed by atoms with Gasteiger partial charge in [-0.15, -0.1) is 10.2 Å². The third-order valence-electron chi connectivity index (χ3n) is 3.66. The number of aromatic hydroxyl groups is 1. The molecular weight excluding hydrogens is 294 g/mol. The van der Waals surface area contributed by atoms with Gasteiger partial charge in [0.05, 0.1) is 6.04 Å². The third-order valence-corrected chi connectivity index (χ3v) is 3.66. The number of nitrogens with one attached hydrogen (secondary N) is 2. The fourth-order valence-corrected chi connectivity index (χ4v) is 2.33.